The van der Waals surface area contributed by atoms with Gasteiger partial charge in [-0.3, -0.25) is 20.2 Å². The quantitative estimate of drug-likeness (QED) is 0.182. The van der Waals surface area contributed by atoms with Crippen molar-refractivity contribution in [2.45, 2.75) is 71.7 Å². The lowest BCUT2D eigenvalue weighted by Gasteiger charge is -2.20. The average Bonchev–Trinajstić information content (AvgIpc) is 3.48. The van der Waals surface area contributed by atoms with Crippen LogP contribution in [0.15, 0.2) is 34.9 Å². The number of nitrogens with zero attached hydrogens (tertiary/aromatic N) is 3. The fourth-order valence-electron chi connectivity index (χ4n) is 3.92. The lowest BCUT2D eigenvalue weighted by atomic mass is 10.0. The molecule has 0 saturated carbocycles. The predicted molar refractivity (Wildman–Crippen MR) is 149 cm³/mol. The third-order valence-corrected chi connectivity index (χ3v) is 5.94. The minimum absolute atomic E-state index is 0.110. The first kappa shape index (κ1) is 33.7. The third-order valence-electron chi connectivity index (χ3n) is 5.94. The zero-order valence-electron chi connectivity index (χ0n) is 24.5. The molecule has 4 N–H and O–H groups in total. The standard InChI is InChI=1S/C28H31F5N6O5/c1-13(2)39-25(36-26(42)43-27(4,5)6)20(24(34)41)23(37-39)17-10-8-15(21(29)22(17)30)11-18(40)35-19-12-16(38-44-19)9-7-14(3)28(31,32)33/h8,10,12-13H,3,7,9,11H2,1-2,4-6H3,(H2,34,41)(H,35,40)(H,36,42). The van der Waals surface area contributed by atoms with Gasteiger partial charge >= 0.3 is 12.3 Å². The van der Waals surface area contributed by atoms with Crippen molar-refractivity contribution in [2.24, 2.45) is 5.73 Å². The number of alkyl halides is 3. The number of hydrogen-bond donors (Lipinski definition) is 3. The lowest BCUT2D eigenvalue weighted by molar-refractivity contribution is -0.115. The highest BCUT2D eigenvalue weighted by Crippen LogP contribution is 2.34. The number of anilines is 2. The van der Waals surface area contributed by atoms with Crippen molar-refractivity contribution < 1.29 is 45.6 Å². The van der Waals surface area contributed by atoms with Crippen LogP contribution in [0.4, 0.5) is 38.4 Å². The first-order valence-electron chi connectivity index (χ1n) is 13.2. The second-order valence-electron chi connectivity index (χ2n) is 11.0. The van der Waals surface area contributed by atoms with Crippen LogP contribution in [0.2, 0.25) is 0 Å². The molecule has 0 fully saturated rings. The van der Waals surface area contributed by atoms with Crippen LogP contribution in [0.25, 0.3) is 11.3 Å². The number of carbonyl (C=O) groups is 3. The van der Waals surface area contributed by atoms with Gasteiger partial charge in [-0.15, -0.1) is 0 Å². The second-order valence-corrected chi connectivity index (χ2v) is 11.0. The van der Waals surface area contributed by atoms with Crippen molar-refractivity contribution in [2.75, 3.05) is 10.6 Å². The molecule has 44 heavy (non-hydrogen) atoms. The molecule has 2 heterocycles. The van der Waals surface area contributed by atoms with Crippen molar-refractivity contribution in [3.8, 4) is 11.3 Å². The van der Waals surface area contributed by atoms with Gasteiger partial charge in [0.1, 0.15) is 22.7 Å². The molecule has 0 aliphatic rings. The van der Waals surface area contributed by atoms with E-state index in [0.29, 0.717) is 0 Å². The molecule has 0 atom stereocenters. The zero-order chi connectivity index (χ0) is 33.1. The van der Waals surface area contributed by atoms with Crippen LogP contribution in [0.5, 0.6) is 0 Å². The number of allylic oxidation sites excluding steroid dienone is 1. The zero-order valence-corrected chi connectivity index (χ0v) is 24.5. The van der Waals surface area contributed by atoms with Crippen LogP contribution in [0.1, 0.15) is 68.7 Å². The van der Waals surface area contributed by atoms with Crippen LogP contribution >= 0.6 is 0 Å². The van der Waals surface area contributed by atoms with E-state index in [1.54, 1.807) is 34.6 Å². The molecule has 0 aliphatic heterocycles. The number of primary amides is 1. The Hall–Kier alpha value is -4.76. The fourth-order valence-corrected chi connectivity index (χ4v) is 3.92. The Balaban J connectivity index is 1.84. The van der Waals surface area contributed by atoms with Gasteiger partial charge in [-0.25, -0.2) is 18.3 Å². The predicted octanol–water partition coefficient (Wildman–Crippen LogP) is 6.08. The number of rotatable bonds is 10. The summed E-state index contributed by atoms with van der Waals surface area (Å²) in [6.45, 7) is 11.2. The maximum Gasteiger partial charge on any atom is 0.413 e. The first-order valence-corrected chi connectivity index (χ1v) is 13.2. The smallest absolute Gasteiger partial charge is 0.413 e. The number of ether oxygens (including phenoxy) is 1. The van der Waals surface area contributed by atoms with E-state index >= 15 is 8.78 Å². The monoisotopic (exact) mass is 626 g/mol. The van der Waals surface area contributed by atoms with E-state index in [9.17, 15) is 27.6 Å². The van der Waals surface area contributed by atoms with E-state index in [1.165, 1.54) is 10.7 Å². The summed E-state index contributed by atoms with van der Waals surface area (Å²) in [7, 11) is 0. The first-order chi connectivity index (χ1) is 20.3. The van der Waals surface area contributed by atoms with E-state index < -0.39 is 76.9 Å². The number of halogens is 5. The summed E-state index contributed by atoms with van der Waals surface area (Å²) in [5.74, 6) is -5.19. The van der Waals surface area contributed by atoms with Crippen LogP contribution in [0, 0.1) is 11.6 Å². The number of hydrogen-bond acceptors (Lipinski definition) is 7. The Labute approximate surface area is 248 Å². The molecule has 3 rings (SSSR count). The minimum Gasteiger partial charge on any atom is -0.444 e. The average molecular weight is 627 g/mol. The Bertz CT molecular complexity index is 1590. The van der Waals surface area contributed by atoms with Gasteiger partial charge in [0.05, 0.1) is 12.1 Å². The number of carbonyl (C=O) groups excluding carboxylic acids is 3. The number of benzene rings is 1. The van der Waals surface area contributed by atoms with Gasteiger partial charge < -0.3 is 15.0 Å². The number of aromatic nitrogens is 3. The topological polar surface area (TPSA) is 154 Å². The summed E-state index contributed by atoms with van der Waals surface area (Å²) in [6, 6.07) is 2.92. The van der Waals surface area contributed by atoms with Gasteiger partial charge in [0.2, 0.25) is 11.8 Å². The minimum atomic E-state index is -4.55. The summed E-state index contributed by atoms with van der Waals surface area (Å²) in [5, 5.41) is 12.5. The Morgan fingerprint density at radius 3 is 2.34 bits per heavy atom. The van der Waals surface area contributed by atoms with Gasteiger partial charge in [-0.2, -0.15) is 18.3 Å². The molecule has 1 aromatic carbocycles. The summed E-state index contributed by atoms with van der Waals surface area (Å²) in [5.41, 5.74) is 2.24. The summed E-state index contributed by atoms with van der Waals surface area (Å²) < 4.78 is 79.7. The van der Waals surface area contributed by atoms with E-state index in [1.807, 2.05) is 0 Å². The van der Waals surface area contributed by atoms with Crippen LogP contribution < -0.4 is 16.4 Å². The summed E-state index contributed by atoms with van der Waals surface area (Å²) in [6.07, 6.45) is -6.75. The molecule has 0 spiro atoms. The van der Waals surface area contributed by atoms with Gasteiger partial charge in [-0.05, 0) is 53.5 Å². The SMILES string of the molecule is C=C(CCc1cc(NC(=O)Cc2ccc(-c3nn(C(C)C)c(NC(=O)OC(C)(C)C)c3C(N)=O)c(F)c2F)on1)C(F)(F)F. The molecule has 238 valence electrons. The van der Waals surface area contributed by atoms with Crippen molar-refractivity contribution in [3.63, 3.8) is 0 Å². The molecule has 0 bridgehead atoms. The largest absolute Gasteiger partial charge is 0.444 e. The van der Waals surface area contributed by atoms with Crippen LogP contribution in [0.3, 0.4) is 0 Å². The molecular weight excluding hydrogens is 595 g/mol. The van der Waals surface area contributed by atoms with E-state index in [4.69, 9.17) is 15.0 Å². The molecule has 3 amide bonds. The van der Waals surface area contributed by atoms with Gasteiger partial charge in [0.15, 0.2) is 11.6 Å². The molecular formula is C28H31F5N6O5. The molecule has 0 radical (unpaired) electrons. The third kappa shape index (κ3) is 8.20. The summed E-state index contributed by atoms with van der Waals surface area (Å²) >= 11 is 0. The maximum atomic E-state index is 15.4. The molecule has 0 saturated heterocycles. The van der Waals surface area contributed by atoms with Gasteiger partial charge in [0.25, 0.3) is 5.91 Å². The highest BCUT2D eigenvalue weighted by Gasteiger charge is 2.32. The number of nitrogens with one attached hydrogen (secondary N) is 2. The highest BCUT2D eigenvalue weighted by atomic mass is 19.4. The lowest BCUT2D eigenvalue weighted by Crippen LogP contribution is -2.29. The van der Waals surface area contributed by atoms with Crippen molar-refractivity contribution >= 4 is 29.6 Å². The Kier molecular flexibility index (Phi) is 9.85. The maximum absolute atomic E-state index is 15.4. The Morgan fingerprint density at radius 2 is 1.77 bits per heavy atom. The van der Waals surface area contributed by atoms with Crippen molar-refractivity contribution in [1.82, 2.24) is 14.9 Å². The molecule has 2 aromatic heterocycles. The number of nitrogens with two attached hydrogens (primary N) is 1. The van der Waals surface area contributed by atoms with Gasteiger partial charge in [-0.1, -0.05) is 17.8 Å². The van der Waals surface area contributed by atoms with Gasteiger partial charge in [0, 0.05) is 28.8 Å². The normalized spacial score (nSPS) is 11.9. The molecule has 16 heteroatoms. The molecule has 11 nitrogen and oxygen atoms in total. The second kappa shape index (κ2) is 12.9. The molecule has 3 aromatic rings. The van der Waals surface area contributed by atoms with E-state index in [2.05, 4.69) is 27.5 Å². The van der Waals surface area contributed by atoms with Crippen molar-refractivity contribution in [3.05, 3.63) is 58.8 Å². The molecule has 0 aliphatic carbocycles. The number of amides is 3. The summed E-state index contributed by atoms with van der Waals surface area (Å²) in [4.78, 5) is 37.4. The highest BCUT2D eigenvalue weighted by molar-refractivity contribution is 6.06. The van der Waals surface area contributed by atoms with E-state index in [0.717, 1.165) is 12.1 Å². The van der Waals surface area contributed by atoms with Crippen LogP contribution in [-0.4, -0.2) is 44.6 Å². The number of aryl methyl sites for hydroxylation is 1. The fraction of sp³-hybridized carbons (Fsp3) is 0.393. The molecule has 0 unspecified atom stereocenters. The Morgan fingerprint density at radius 1 is 1.11 bits per heavy atom. The van der Waals surface area contributed by atoms with Crippen LogP contribution in [-0.2, 0) is 22.4 Å². The van der Waals surface area contributed by atoms with Crippen molar-refractivity contribution in [1.29, 1.82) is 0 Å². The van der Waals surface area contributed by atoms with E-state index in [-0.39, 0.29) is 35.1 Å².